The molecule has 2 aromatic rings. The van der Waals surface area contributed by atoms with Gasteiger partial charge in [-0.05, 0) is 17.9 Å². The third-order valence-electron chi connectivity index (χ3n) is 1.64. The third-order valence-corrected chi connectivity index (χ3v) is 2.67. The lowest BCUT2D eigenvalue weighted by Gasteiger charge is -1.89. The number of nitrogens with zero attached hydrogens (tertiary/aromatic N) is 2. The SMILES string of the molecule is Cc1csc2cnn(C)c12. The number of aromatic nitrogens is 2. The Morgan fingerprint density at radius 3 is 3.10 bits per heavy atom. The zero-order chi connectivity index (χ0) is 7.14. The van der Waals surface area contributed by atoms with Gasteiger partial charge in [-0.25, -0.2) is 0 Å². The number of rotatable bonds is 0. The molecule has 3 heteroatoms. The third kappa shape index (κ3) is 0.609. The highest BCUT2D eigenvalue weighted by molar-refractivity contribution is 7.17. The van der Waals surface area contributed by atoms with Crippen LogP contribution in [0.25, 0.3) is 10.2 Å². The summed E-state index contributed by atoms with van der Waals surface area (Å²) in [4.78, 5) is 0. The van der Waals surface area contributed by atoms with E-state index in [9.17, 15) is 0 Å². The highest BCUT2D eigenvalue weighted by atomic mass is 32.1. The first kappa shape index (κ1) is 5.92. The molecule has 2 rings (SSSR count). The van der Waals surface area contributed by atoms with Gasteiger partial charge in [-0.2, -0.15) is 5.10 Å². The van der Waals surface area contributed by atoms with Crippen molar-refractivity contribution in [1.82, 2.24) is 9.78 Å². The summed E-state index contributed by atoms with van der Waals surface area (Å²) in [6.07, 6.45) is 1.91. The summed E-state index contributed by atoms with van der Waals surface area (Å²) in [5.74, 6) is 0. The molecule has 0 saturated heterocycles. The van der Waals surface area contributed by atoms with E-state index in [0.717, 1.165) is 0 Å². The number of hydrogen-bond donors (Lipinski definition) is 0. The Balaban J connectivity index is 2.98. The highest BCUT2D eigenvalue weighted by Crippen LogP contribution is 2.23. The van der Waals surface area contributed by atoms with E-state index < -0.39 is 0 Å². The fourth-order valence-corrected chi connectivity index (χ4v) is 2.09. The zero-order valence-electron chi connectivity index (χ0n) is 5.96. The Kier molecular flexibility index (Phi) is 1.08. The predicted molar refractivity (Wildman–Crippen MR) is 43.3 cm³/mol. The van der Waals surface area contributed by atoms with Crippen LogP contribution in [0.3, 0.4) is 0 Å². The summed E-state index contributed by atoms with van der Waals surface area (Å²) < 4.78 is 3.20. The van der Waals surface area contributed by atoms with Crippen LogP contribution in [-0.4, -0.2) is 9.78 Å². The van der Waals surface area contributed by atoms with Gasteiger partial charge in [0.05, 0.1) is 16.4 Å². The molecule has 0 bridgehead atoms. The normalized spacial score (nSPS) is 11.0. The van der Waals surface area contributed by atoms with Crippen LogP contribution in [0.5, 0.6) is 0 Å². The van der Waals surface area contributed by atoms with Crippen molar-refractivity contribution < 1.29 is 0 Å². The lowest BCUT2D eigenvalue weighted by molar-refractivity contribution is 0.795. The molecule has 0 aliphatic heterocycles. The minimum absolute atomic E-state index is 1.27. The molecule has 52 valence electrons. The maximum Gasteiger partial charge on any atom is 0.0816 e. The maximum absolute atomic E-state index is 4.14. The van der Waals surface area contributed by atoms with Crippen LogP contribution in [0.1, 0.15) is 5.56 Å². The van der Waals surface area contributed by atoms with Crippen molar-refractivity contribution in [2.24, 2.45) is 7.05 Å². The van der Waals surface area contributed by atoms with E-state index in [1.165, 1.54) is 15.8 Å². The molecule has 0 amide bonds. The molecule has 0 unspecified atom stereocenters. The van der Waals surface area contributed by atoms with Gasteiger partial charge in [-0.15, -0.1) is 11.3 Å². The Hall–Kier alpha value is -0.830. The van der Waals surface area contributed by atoms with Crippen molar-refractivity contribution in [3.8, 4) is 0 Å². The number of aryl methyl sites for hydroxylation is 2. The predicted octanol–water partition coefficient (Wildman–Crippen LogP) is 1.94. The van der Waals surface area contributed by atoms with E-state index in [1.807, 2.05) is 17.9 Å². The average Bonchev–Trinajstić information content (AvgIpc) is 2.40. The second-order valence-corrected chi connectivity index (χ2v) is 3.31. The lowest BCUT2D eigenvalue weighted by atomic mass is 10.3. The maximum atomic E-state index is 4.14. The molecule has 0 aromatic carbocycles. The minimum atomic E-state index is 1.27. The molecule has 0 fully saturated rings. The van der Waals surface area contributed by atoms with Gasteiger partial charge in [0.2, 0.25) is 0 Å². The van der Waals surface area contributed by atoms with Gasteiger partial charge in [0.15, 0.2) is 0 Å². The van der Waals surface area contributed by atoms with Crippen LogP contribution < -0.4 is 0 Å². The zero-order valence-corrected chi connectivity index (χ0v) is 6.77. The van der Waals surface area contributed by atoms with Gasteiger partial charge in [-0.3, -0.25) is 4.68 Å². The van der Waals surface area contributed by atoms with Crippen molar-refractivity contribution in [1.29, 1.82) is 0 Å². The van der Waals surface area contributed by atoms with Crippen LogP contribution in [0.4, 0.5) is 0 Å². The topological polar surface area (TPSA) is 17.8 Å². The number of thiophene rings is 1. The molecule has 0 N–H and O–H groups in total. The molecular formula is C7H8N2S. The quantitative estimate of drug-likeness (QED) is 0.564. The van der Waals surface area contributed by atoms with E-state index in [1.54, 1.807) is 11.3 Å². The summed E-state index contributed by atoms with van der Waals surface area (Å²) in [6, 6.07) is 0. The Labute approximate surface area is 63.1 Å². The van der Waals surface area contributed by atoms with Crippen LogP contribution in [-0.2, 0) is 7.05 Å². The van der Waals surface area contributed by atoms with Crippen LogP contribution in [0, 0.1) is 6.92 Å². The largest absolute Gasteiger partial charge is 0.267 e. The van der Waals surface area contributed by atoms with E-state index in [0.29, 0.717) is 0 Å². The molecule has 0 aliphatic rings. The number of hydrogen-bond acceptors (Lipinski definition) is 2. The van der Waals surface area contributed by atoms with Gasteiger partial charge < -0.3 is 0 Å². The molecule has 0 spiro atoms. The van der Waals surface area contributed by atoms with Crippen LogP contribution >= 0.6 is 11.3 Å². The van der Waals surface area contributed by atoms with Crippen molar-refractivity contribution in [2.75, 3.05) is 0 Å². The molecule has 2 aromatic heterocycles. The molecule has 0 saturated carbocycles. The van der Waals surface area contributed by atoms with Crippen molar-refractivity contribution in [2.45, 2.75) is 6.92 Å². The van der Waals surface area contributed by atoms with Gasteiger partial charge in [0.25, 0.3) is 0 Å². The molecule has 2 heterocycles. The second kappa shape index (κ2) is 1.83. The van der Waals surface area contributed by atoms with Gasteiger partial charge in [0, 0.05) is 7.05 Å². The summed E-state index contributed by atoms with van der Waals surface area (Å²) in [6.45, 7) is 2.11. The van der Waals surface area contributed by atoms with E-state index >= 15 is 0 Å². The summed E-state index contributed by atoms with van der Waals surface area (Å²) >= 11 is 1.75. The van der Waals surface area contributed by atoms with E-state index in [4.69, 9.17) is 0 Å². The molecule has 0 radical (unpaired) electrons. The van der Waals surface area contributed by atoms with Crippen molar-refractivity contribution >= 4 is 21.6 Å². The minimum Gasteiger partial charge on any atom is -0.267 e. The Bertz CT molecular complexity index is 327. The molecule has 0 aliphatic carbocycles. The molecular weight excluding hydrogens is 144 g/mol. The first-order chi connectivity index (χ1) is 4.79. The lowest BCUT2D eigenvalue weighted by Crippen LogP contribution is -1.88. The smallest absolute Gasteiger partial charge is 0.0816 e. The van der Waals surface area contributed by atoms with Crippen LogP contribution in [0.15, 0.2) is 11.6 Å². The van der Waals surface area contributed by atoms with E-state index in [2.05, 4.69) is 17.4 Å². The Morgan fingerprint density at radius 1 is 1.60 bits per heavy atom. The van der Waals surface area contributed by atoms with Crippen molar-refractivity contribution in [3.63, 3.8) is 0 Å². The van der Waals surface area contributed by atoms with Gasteiger partial charge in [0.1, 0.15) is 0 Å². The first-order valence-electron chi connectivity index (χ1n) is 3.15. The molecule has 0 atom stereocenters. The fraction of sp³-hybridized carbons (Fsp3) is 0.286. The first-order valence-corrected chi connectivity index (χ1v) is 4.03. The standard InChI is InChI=1S/C7H8N2S/c1-5-4-10-6-3-8-9(2)7(5)6/h3-4H,1-2H3. The van der Waals surface area contributed by atoms with E-state index in [-0.39, 0.29) is 0 Å². The summed E-state index contributed by atoms with van der Waals surface area (Å²) in [5, 5.41) is 6.30. The van der Waals surface area contributed by atoms with Crippen molar-refractivity contribution in [3.05, 3.63) is 17.1 Å². The van der Waals surface area contributed by atoms with Crippen LogP contribution in [0.2, 0.25) is 0 Å². The average molecular weight is 152 g/mol. The number of fused-ring (bicyclic) bond motifs is 1. The second-order valence-electron chi connectivity index (χ2n) is 2.40. The van der Waals surface area contributed by atoms with Gasteiger partial charge >= 0.3 is 0 Å². The molecule has 2 nitrogen and oxygen atoms in total. The summed E-state index contributed by atoms with van der Waals surface area (Å²) in [7, 11) is 1.97. The Morgan fingerprint density at radius 2 is 2.40 bits per heavy atom. The monoisotopic (exact) mass is 152 g/mol. The molecule has 10 heavy (non-hydrogen) atoms. The fourth-order valence-electron chi connectivity index (χ4n) is 1.16. The summed E-state index contributed by atoms with van der Waals surface area (Å²) in [5.41, 5.74) is 2.59. The van der Waals surface area contributed by atoms with Gasteiger partial charge in [-0.1, -0.05) is 0 Å². The highest BCUT2D eigenvalue weighted by Gasteiger charge is 2.02.